The van der Waals surface area contributed by atoms with Crippen LogP contribution in [0.2, 0.25) is 0 Å². The van der Waals surface area contributed by atoms with E-state index < -0.39 is 21.9 Å². The minimum absolute atomic E-state index is 0.0624. The molecule has 0 fully saturated rings. The molecule has 7 nitrogen and oxygen atoms in total. The van der Waals surface area contributed by atoms with Crippen LogP contribution in [-0.4, -0.2) is 31.4 Å². The number of carboxylic acids is 1. The van der Waals surface area contributed by atoms with Crippen LogP contribution < -0.4 is 10.0 Å². The van der Waals surface area contributed by atoms with Gasteiger partial charge in [-0.25, -0.2) is 17.9 Å². The quantitative estimate of drug-likeness (QED) is 0.702. The number of hydrogen-bond donors (Lipinski definition) is 3. The average molecular weight is 390 g/mol. The standard InChI is InChI=1S/C19H22N2O5S/c1-11(2)21-27(25,26)15-7-5-14(6-8-15)18(22)20-17-10-16(19(23)24)12(3)9-13(17)4/h5-11,21H,1-4H3,(H,20,22)(H,23,24). The summed E-state index contributed by atoms with van der Waals surface area (Å²) in [5.74, 6) is -1.53. The third-order valence-corrected chi connectivity index (χ3v) is 5.54. The second-order valence-corrected chi connectivity index (χ2v) is 8.26. The van der Waals surface area contributed by atoms with Gasteiger partial charge in [-0.05, 0) is 69.2 Å². The Labute approximate surface area is 158 Å². The Balaban J connectivity index is 2.25. The number of nitrogens with one attached hydrogen (secondary N) is 2. The van der Waals surface area contributed by atoms with Crippen molar-refractivity contribution in [3.63, 3.8) is 0 Å². The van der Waals surface area contributed by atoms with E-state index in [1.54, 1.807) is 33.8 Å². The second kappa shape index (κ2) is 7.89. The molecule has 0 saturated carbocycles. The van der Waals surface area contributed by atoms with Crippen LogP contribution in [0.25, 0.3) is 0 Å². The van der Waals surface area contributed by atoms with E-state index in [0.717, 1.165) is 5.56 Å². The van der Waals surface area contributed by atoms with Gasteiger partial charge in [0.25, 0.3) is 5.91 Å². The van der Waals surface area contributed by atoms with Gasteiger partial charge in [0, 0.05) is 17.3 Å². The normalized spacial score (nSPS) is 11.4. The summed E-state index contributed by atoms with van der Waals surface area (Å²) in [5.41, 5.74) is 2.09. The monoisotopic (exact) mass is 390 g/mol. The number of aromatic carboxylic acids is 1. The molecule has 3 N–H and O–H groups in total. The number of amides is 1. The average Bonchev–Trinajstić information content (AvgIpc) is 2.55. The van der Waals surface area contributed by atoms with Gasteiger partial charge in [-0.2, -0.15) is 0 Å². The molecule has 0 atom stereocenters. The molecular weight excluding hydrogens is 368 g/mol. The van der Waals surface area contributed by atoms with Gasteiger partial charge in [-0.1, -0.05) is 6.07 Å². The van der Waals surface area contributed by atoms with E-state index in [2.05, 4.69) is 10.0 Å². The molecule has 0 heterocycles. The molecule has 2 aromatic rings. The molecule has 2 aromatic carbocycles. The molecular formula is C19H22N2O5S. The van der Waals surface area contributed by atoms with Crippen molar-refractivity contribution >= 4 is 27.6 Å². The highest BCUT2D eigenvalue weighted by molar-refractivity contribution is 7.89. The fraction of sp³-hybridized carbons (Fsp3) is 0.263. The van der Waals surface area contributed by atoms with Crippen molar-refractivity contribution in [3.05, 3.63) is 58.7 Å². The lowest BCUT2D eigenvalue weighted by molar-refractivity contribution is 0.0695. The predicted molar refractivity (Wildman–Crippen MR) is 103 cm³/mol. The fourth-order valence-electron chi connectivity index (χ4n) is 2.58. The maximum atomic E-state index is 12.4. The molecule has 0 spiro atoms. The molecule has 1 amide bonds. The molecule has 27 heavy (non-hydrogen) atoms. The van der Waals surface area contributed by atoms with Gasteiger partial charge < -0.3 is 10.4 Å². The van der Waals surface area contributed by atoms with Crippen LogP contribution in [0.1, 0.15) is 45.7 Å². The van der Waals surface area contributed by atoms with Crippen molar-refractivity contribution in [3.8, 4) is 0 Å². The molecule has 0 bridgehead atoms. The van der Waals surface area contributed by atoms with Gasteiger partial charge in [0.15, 0.2) is 0 Å². The Bertz CT molecular complexity index is 980. The van der Waals surface area contributed by atoms with Gasteiger partial charge in [0.05, 0.1) is 10.5 Å². The third-order valence-electron chi connectivity index (χ3n) is 3.87. The van der Waals surface area contributed by atoms with Gasteiger partial charge in [-0.3, -0.25) is 4.79 Å². The lowest BCUT2D eigenvalue weighted by Gasteiger charge is -2.12. The maximum Gasteiger partial charge on any atom is 0.336 e. The van der Waals surface area contributed by atoms with E-state index in [9.17, 15) is 23.1 Å². The largest absolute Gasteiger partial charge is 0.478 e. The summed E-state index contributed by atoms with van der Waals surface area (Å²) < 4.78 is 26.7. The van der Waals surface area contributed by atoms with E-state index in [-0.39, 0.29) is 22.1 Å². The fourth-order valence-corrected chi connectivity index (χ4v) is 3.83. The Morgan fingerprint density at radius 3 is 2.11 bits per heavy atom. The van der Waals surface area contributed by atoms with Crippen LogP contribution in [0.3, 0.4) is 0 Å². The molecule has 8 heteroatoms. The van der Waals surface area contributed by atoms with Crippen molar-refractivity contribution in [1.29, 1.82) is 0 Å². The van der Waals surface area contributed by atoms with E-state index in [0.29, 0.717) is 11.3 Å². The number of sulfonamides is 1. The molecule has 2 rings (SSSR count). The summed E-state index contributed by atoms with van der Waals surface area (Å²) in [4.78, 5) is 23.8. The number of rotatable bonds is 6. The summed E-state index contributed by atoms with van der Waals surface area (Å²) in [6.07, 6.45) is 0. The number of anilines is 1. The summed E-state index contributed by atoms with van der Waals surface area (Å²) in [5, 5.41) is 11.9. The summed E-state index contributed by atoms with van der Waals surface area (Å²) in [6.45, 7) is 6.89. The summed E-state index contributed by atoms with van der Waals surface area (Å²) in [7, 11) is -3.63. The van der Waals surface area contributed by atoms with Crippen LogP contribution in [0.15, 0.2) is 41.3 Å². The van der Waals surface area contributed by atoms with Crippen molar-refractivity contribution in [2.75, 3.05) is 5.32 Å². The van der Waals surface area contributed by atoms with E-state index >= 15 is 0 Å². The van der Waals surface area contributed by atoms with Crippen molar-refractivity contribution in [1.82, 2.24) is 4.72 Å². The second-order valence-electron chi connectivity index (χ2n) is 6.54. The number of carboxylic acid groups (broad SMARTS) is 1. The molecule has 144 valence electrons. The molecule has 0 unspecified atom stereocenters. The minimum atomic E-state index is -3.63. The minimum Gasteiger partial charge on any atom is -0.478 e. The first-order valence-corrected chi connectivity index (χ1v) is 9.78. The van der Waals surface area contributed by atoms with Crippen LogP contribution >= 0.6 is 0 Å². The van der Waals surface area contributed by atoms with E-state index in [1.807, 2.05) is 0 Å². The van der Waals surface area contributed by atoms with Crippen molar-refractivity contribution < 1.29 is 23.1 Å². The van der Waals surface area contributed by atoms with Gasteiger partial charge in [0.2, 0.25) is 10.0 Å². The highest BCUT2D eigenvalue weighted by Gasteiger charge is 2.17. The third kappa shape index (κ3) is 4.93. The Kier molecular flexibility index (Phi) is 6.02. The molecule has 0 radical (unpaired) electrons. The maximum absolute atomic E-state index is 12.4. The van der Waals surface area contributed by atoms with Crippen molar-refractivity contribution in [2.45, 2.75) is 38.6 Å². The first-order valence-electron chi connectivity index (χ1n) is 8.29. The lowest BCUT2D eigenvalue weighted by atomic mass is 10.0. The smallest absolute Gasteiger partial charge is 0.336 e. The first kappa shape index (κ1) is 20.6. The molecule has 0 saturated heterocycles. The molecule has 0 aliphatic heterocycles. The van der Waals surface area contributed by atoms with Crippen LogP contribution in [0.4, 0.5) is 5.69 Å². The zero-order valence-corrected chi connectivity index (χ0v) is 16.3. The predicted octanol–water partition coefficient (Wildman–Crippen LogP) is 2.94. The van der Waals surface area contributed by atoms with E-state index in [4.69, 9.17) is 0 Å². The number of hydrogen-bond acceptors (Lipinski definition) is 4. The zero-order chi connectivity index (χ0) is 20.4. The topological polar surface area (TPSA) is 113 Å². The molecule has 0 aromatic heterocycles. The van der Waals surface area contributed by atoms with Gasteiger partial charge >= 0.3 is 5.97 Å². The highest BCUT2D eigenvalue weighted by atomic mass is 32.2. The van der Waals surface area contributed by atoms with Crippen LogP contribution in [0.5, 0.6) is 0 Å². The van der Waals surface area contributed by atoms with Gasteiger partial charge in [-0.15, -0.1) is 0 Å². The molecule has 0 aliphatic carbocycles. The van der Waals surface area contributed by atoms with Crippen molar-refractivity contribution in [2.24, 2.45) is 0 Å². The Hall–Kier alpha value is -2.71. The highest BCUT2D eigenvalue weighted by Crippen LogP contribution is 2.22. The van der Waals surface area contributed by atoms with Crippen LogP contribution in [0, 0.1) is 13.8 Å². The first-order chi connectivity index (χ1) is 12.5. The number of carbonyl (C=O) groups is 2. The zero-order valence-electron chi connectivity index (χ0n) is 15.5. The summed E-state index contributed by atoms with van der Waals surface area (Å²) >= 11 is 0. The van der Waals surface area contributed by atoms with E-state index in [1.165, 1.54) is 30.3 Å². The SMILES string of the molecule is Cc1cc(C)c(C(=O)O)cc1NC(=O)c1ccc(S(=O)(=O)NC(C)C)cc1. The Morgan fingerprint density at radius 2 is 1.59 bits per heavy atom. The Morgan fingerprint density at radius 1 is 1.00 bits per heavy atom. The lowest BCUT2D eigenvalue weighted by Crippen LogP contribution is -2.30. The summed E-state index contributed by atoms with van der Waals surface area (Å²) in [6, 6.07) is 8.38. The number of carbonyl (C=O) groups excluding carboxylic acids is 1. The number of benzene rings is 2. The van der Waals surface area contributed by atoms with Crippen LogP contribution in [-0.2, 0) is 10.0 Å². The van der Waals surface area contributed by atoms with Gasteiger partial charge in [0.1, 0.15) is 0 Å². The molecule has 0 aliphatic rings. The number of aryl methyl sites for hydroxylation is 2.